The molecule has 1 unspecified atom stereocenters. The second-order valence-electron chi connectivity index (χ2n) is 5.24. The Morgan fingerprint density at radius 2 is 2.06 bits per heavy atom. The second-order valence-corrected chi connectivity index (χ2v) is 5.24. The first-order chi connectivity index (χ1) is 8.09. The Kier molecular flexibility index (Phi) is 6.52. The van der Waals surface area contributed by atoms with E-state index in [1.54, 1.807) is 0 Å². The molecular weight excluding hydrogens is 216 g/mol. The van der Waals surface area contributed by atoms with Crippen LogP contribution < -0.4 is 5.32 Å². The van der Waals surface area contributed by atoms with Crippen molar-refractivity contribution >= 4 is 5.91 Å². The summed E-state index contributed by atoms with van der Waals surface area (Å²) >= 11 is 0. The smallest absolute Gasteiger partial charge is 0.248 e. The van der Waals surface area contributed by atoms with Gasteiger partial charge in [0.15, 0.2) is 0 Å². The van der Waals surface area contributed by atoms with E-state index in [-0.39, 0.29) is 18.6 Å². The van der Waals surface area contributed by atoms with Gasteiger partial charge in [-0.15, -0.1) is 0 Å². The number of ether oxygens (including phenoxy) is 1. The molecule has 1 saturated heterocycles. The van der Waals surface area contributed by atoms with Crippen LogP contribution in [-0.4, -0.2) is 49.7 Å². The van der Waals surface area contributed by atoms with Crippen LogP contribution in [0.1, 0.15) is 33.6 Å². The number of carbonyl (C=O) groups is 1. The number of hydrogen-bond acceptors (Lipinski definition) is 3. The fourth-order valence-corrected chi connectivity index (χ4v) is 2.13. The zero-order valence-electron chi connectivity index (χ0n) is 11.4. The summed E-state index contributed by atoms with van der Waals surface area (Å²) in [5.74, 6) is 0.742. The molecule has 0 aromatic rings. The summed E-state index contributed by atoms with van der Waals surface area (Å²) in [6.45, 7) is 10.2. The maximum atomic E-state index is 11.9. The Balaban J connectivity index is 2.23. The topological polar surface area (TPSA) is 41.6 Å². The Morgan fingerprint density at radius 1 is 1.29 bits per heavy atom. The van der Waals surface area contributed by atoms with E-state index in [1.807, 2.05) is 11.8 Å². The van der Waals surface area contributed by atoms with Crippen LogP contribution in [0.25, 0.3) is 0 Å². The lowest BCUT2D eigenvalue weighted by molar-refractivity contribution is -0.138. The Hall–Kier alpha value is -0.610. The first-order valence-electron chi connectivity index (χ1n) is 6.69. The summed E-state index contributed by atoms with van der Waals surface area (Å²) in [7, 11) is 0. The lowest BCUT2D eigenvalue weighted by Crippen LogP contribution is -2.37. The molecule has 4 heteroatoms. The van der Waals surface area contributed by atoms with Gasteiger partial charge in [0.25, 0.3) is 0 Å². The quantitative estimate of drug-likeness (QED) is 0.789. The molecule has 1 aliphatic heterocycles. The molecule has 1 atom stereocenters. The molecule has 0 aromatic heterocycles. The maximum Gasteiger partial charge on any atom is 0.248 e. The van der Waals surface area contributed by atoms with Crippen LogP contribution in [0.4, 0.5) is 0 Å². The third kappa shape index (κ3) is 6.03. The van der Waals surface area contributed by atoms with Gasteiger partial charge < -0.3 is 15.0 Å². The zero-order chi connectivity index (χ0) is 12.7. The number of amides is 1. The molecule has 17 heavy (non-hydrogen) atoms. The molecule has 1 fully saturated rings. The van der Waals surface area contributed by atoms with E-state index in [1.165, 1.54) is 0 Å². The second kappa shape index (κ2) is 7.67. The van der Waals surface area contributed by atoms with Gasteiger partial charge in [-0.1, -0.05) is 13.8 Å². The summed E-state index contributed by atoms with van der Waals surface area (Å²) in [6.07, 6.45) is 2.21. The molecule has 100 valence electrons. The summed E-state index contributed by atoms with van der Waals surface area (Å²) in [5, 5.41) is 3.29. The van der Waals surface area contributed by atoms with Gasteiger partial charge in [-0.25, -0.2) is 0 Å². The minimum absolute atomic E-state index is 0.129. The molecule has 1 aliphatic rings. The van der Waals surface area contributed by atoms with Gasteiger partial charge in [0.05, 0.1) is 6.10 Å². The van der Waals surface area contributed by atoms with Gasteiger partial charge in [-0.3, -0.25) is 4.79 Å². The number of nitrogens with one attached hydrogen (secondary N) is 1. The molecule has 1 N–H and O–H groups in total. The van der Waals surface area contributed by atoms with Gasteiger partial charge >= 0.3 is 0 Å². The van der Waals surface area contributed by atoms with Crippen LogP contribution in [0.2, 0.25) is 0 Å². The minimum Gasteiger partial charge on any atom is -0.369 e. The highest BCUT2D eigenvalue weighted by molar-refractivity contribution is 5.77. The Bertz CT molecular complexity index is 223. The van der Waals surface area contributed by atoms with Crippen LogP contribution in [0.15, 0.2) is 0 Å². The zero-order valence-corrected chi connectivity index (χ0v) is 11.4. The van der Waals surface area contributed by atoms with E-state index in [9.17, 15) is 4.79 Å². The molecule has 0 bridgehead atoms. The van der Waals surface area contributed by atoms with E-state index in [0.717, 1.165) is 39.0 Å². The lowest BCUT2D eigenvalue weighted by atomic mass is 10.1. The first-order valence-corrected chi connectivity index (χ1v) is 6.69. The molecule has 0 aromatic carbocycles. The number of nitrogens with zero attached hydrogens (tertiary/aromatic N) is 1. The van der Waals surface area contributed by atoms with Gasteiger partial charge in [-0.05, 0) is 32.2 Å². The van der Waals surface area contributed by atoms with E-state index < -0.39 is 0 Å². The predicted octanol–water partition coefficient (Wildman–Crippen LogP) is 1.26. The number of carbonyl (C=O) groups excluding carboxylic acids is 1. The largest absolute Gasteiger partial charge is 0.369 e. The molecule has 0 saturated carbocycles. The van der Waals surface area contributed by atoms with Gasteiger partial charge in [0, 0.05) is 19.6 Å². The maximum absolute atomic E-state index is 11.9. The normalized spacial score (nSPS) is 19.2. The fraction of sp³-hybridized carbons (Fsp3) is 0.923. The van der Waals surface area contributed by atoms with Crippen LogP contribution in [0, 0.1) is 5.92 Å². The molecule has 1 heterocycles. The molecule has 1 amide bonds. The summed E-state index contributed by atoms with van der Waals surface area (Å²) in [4.78, 5) is 13.8. The van der Waals surface area contributed by atoms with Crippen molar-refractivity contribution in [2.45, 2.75) is 39.7 Å². The van der Waals surface area contributed by atoms with E-state index in [2.05, 4.69) is 19.2 Å². The third-order valence-electron chi connectivity index (χ3n) is 2.99. The monoisotopic (exact) mass is 242 g/mol. The molecule has 1 rings (SSSR count). The molecular formula is C13H26N2O2. The molecule has 0 aliphatic carbocycles. The molecule has 0 radical (unpaired) electrons. The van der Waals surface area contributed by atoms with Crippen LogP contribution in [0.3, 0.4) is 0 Å². The Labute approximate surface area is 105 Å². The van der Waals surface area contributed by atoms with E-state index in [4.69, 9.17) is 4.74 Å². The third-order valence-corrected chi connectivity index (χ3v) is 2.99. The van der Waals surface area contributed by atoms with Crippen molar-refractivity contribution in [2.24, 2.45) is 5.92 Å². The van der Waals surface area contributed by atoms with E-state index in [0.29, 0.717) is 5.92 Å². The minimum atomic E-state index is 0.129. The van der Waals surface area contributed by atoms with Crippen molar-refractivity contribution < 1.29 is 9.53 Å². The van der Waals surface area contributed by atoms with Crippen LogP contribution >= 0.6 is 0 Å². The average molecular weight is 242 g/mol. The number of hydrogen-bond donors (Lipinski definition) is 1. The Morgan fingerprint density at radius 3 is 2.76 bits per heavy atom. The highest BCUT2D eigenvalue weighted by Gasteiger charge is 2.16. The highest BCUT2D eigenvalue weighted by atomic mass is 16.5. The summed E-state index contributed by atoms with van der Waals surface area (Å²) in [6, 6.07) is 0. The van der Waals surface area contributed by atoms with Gasteiger partial charge in [-0.2, -0.15) is 0 Å². The summed E-state index contributed by atoms with van der Waals surface area (Å²) in [5.41, 5.74) is 0. The van der Waals surface area contributed by atoms with Gasteiger partial charge in [0.2, 0.25) is 5.91 Å². The van der Waals surface area contributed by atoms with Crippen molar-refractivity contribution in [1.29, 1.82) is 0 Å². The van der Waals surface area contributed by atoms with E-state index >= 15 is 0 Å². The standard InChI is InChI=1S/C13H26N2O2/c1-11(2)9-12(3)17-10-13(16)15-7-4-5-14-6-8-15/h11-12,14H,4-10H2,1-3H3. The molecule has 0 spiro atoms. The van der Waals surface area contributed by atoms with Crippen LogP contribution in [-0.2, 0) is 9.53 Å². The van der Waals surface area contributed by atoms with Gasteiger partial charge in [0.1, 0.15) is 6.61 Å². The van der Waals surface area contributed by atoms with Crippen molar-refractivity contribution in [3.63, 3.8) is 0 Å². The molecule has 4 nitrogen and oxygen atoms in total. The van der Waals surface area contributed by atoms with Crippen molar-refractivity contribution in [3.05, 3.63) is 0 Å². The SMILES string of the molecule is CC(C)CC(C)OCC(=O)N1CCCNCC1. The summed E-state index contributed by atoms with van der Waals surface area (Å²) < 4.78 is 5.60. The average Bonchev–Trinajstić information content (AvgIpc) is 2.53. The predicted molar refractivity (Wildman–Crippen MR) is 68.9 cm³/mol. The van der Waals surface area contributed by atoms with Crippen molar-refractivity contribution in [3.8, 4) is 0 Å². The first kappa shape index (κ1) is 14.5. The van der Waals surface area contributed by atoms with Crippen LogP contribution in [0.5, 0.6) is 0 Å². The number of rotatable bonds is 5. The van der Waals surface area contributed by atoms with Crippen molar-refractivity contribution in [1.82, 2.24) is 10.2 Å². The van der Waals surface area contributed by atoms with Crippen molar-refractivity contribution in [2.75, 3.05) is 32.8 Å². The lowest BCUT2D eigenvalue weighted by Gasteiger charge is -2.21. The fourth-order valence-electron chi connectivity index (χ4n) is 2.13. The highest BCUT2D eigenvalue weighted by Crippen LogP contribution is 2.07.